The van der Waals surface area contributed by atoms with E-state index >= 15 is 0 Å². The second-order valence-electron chi connectivity index (χ2n) is 6.85. The lowest BCUT2D eigenvalue weighted by atomic mass is 9.78. The van der Waals surface area contributed by atoms with Crippen LogP contribution in [0.5, 0.6) is 0 Å². The highest BCUT2D eigenvalue weighted by atomic mass is 16.3. The van der Waals surface area contributed by atoms with Crippen LogP contribution in [0.2, 0.25) is 0 Å². The fourth-order valence-electron chi connectivity index (χ4n) is 3.99. The van der Waals surface area contributed by atoms with Gasteiger partial charge in [-0.15, -0.1) is 0 Å². The third-order valence-corrected chi connectivity index (χ3v) is 5.45. The second kappa shape index (κ2) is 7.93. The third-order valence-electron chi connectivity index (χ3n) is 5.45. The number of carbonyl (C=O) groups excluding carboxylic acids is 1. The van der Waals surface area contributed by atoms with Crippen LogP contribution in [0.4, 0.5) is 0 Å². The van der Waals surface area contributed by atoms with Gasteiger partial charge in [0.15, 0.2) is 0 Å². The molecule has 1 N–H and O–H groups in total. The molecule has 2 fully saturated rings. The number of amides is 1. The number of hydrogen-bond donors (Lipinski definition) is 1. The molecule has 0 bridgehead atoms. The number of carbonyl (C=O) groups is 1. The molecule has 0 unspecified atom stereocenters. The maximum absolute atomic E-state index is 12.7. The largest absolute Gasteiger partial charge is 0.395 e. The van der Waals surface area contributed by atoms with Gasteiger partial charge >= 0.3 is 0 Å². The van der Waals surface area contributed by atoms with Crippen molar-refractivity contribution in [1.82, 2.24) is 9.80 Å². The van der Waals surface area contributed by atoms with Crippen LogP contribution < -0.4 is 0 Å². The summed E-state index contributed by atoms with van der Waals surface area (Å²) >= 11 is 0. The van der Waals surface area contributed by atoms with Gasteiger partial charge in [0.1, 0.15) is 0 Å². The van der Waals surface area contributed by atoms with Crippen LogP contribution >= 0.6 is 0 Å². The summed E-state index contributed by atoms with van der Waals surface area (Å²) < 4.78 is 0. The summed E-state index contributed by atoms with van der Waals surface area (Å²) in [6.45, 7) is 4.36. The Kier molecular flexibility index (Phi) is 5.68. The predicted octanol–water partition coefficient (Wildman–Crippen LogP) is 2.10. The molecule has 1 saturated carbocycles. The van der Waals surface area contributed by atoms with Gasteiger partial charge in [0.05, 0.1) is 6.61 Å². The summed E-state index contributed by atoms with van der Waals surface area (Å²) in [4.78, 5) is 17.0. The fourth-order valence-corrected chi connectivity index (χ4v) is 3.99. The number of rotatable bonds is 4. The Morgan fingerprint density at radius 1 is 1.00 bits per heavy atom. The van der Waals surface area contributed by atoms with E-state index in [2.05, 4.69) is 35.2 Å². The first-order valence-electron chi connectivity index (χ1n) is 8.95. The molecule has 3 rings (SSSR count). The molecule has 1 amide bonds. The van der Waals surface area contributed by atoms with E-state index in [0.717, 1.165) is 58.4 Å². The Bertz CT molecular complexity index is 489. The van der Waals surface area contributed by atoms with E-state index in [4.69, 9.17) is 5.11 Å². The molecule has 1 aliphatic heterocycles. The van der Waals surface area contributed by atoms with Crippen molar-refractivity contribution in [2.75, 3.05) is 39.3 Å². The van der Waals surface area contributed by atoms with Crippen molar-refractivity contribution in [2.45, 2.75) is 31.6 Å². The molecule has 2 aliphatic rings. The van der Waals surface area contributed by atoms with E-state index in [1.54, 1.807) is 0 Å². The molecule has 23 heavy (non-hydrogen) atoms. The van der Waals surface area contributed by atoms with E-state index < -0.39 is 0 Å². The summed E-state index contributed by atoms with van der Waals surface area (Å²) in [7, 11) is 0. The molecule has 1 saturated heterocycles. The minimum absolute atomic E-state index is 0.206. The van der Waals surface area contributed by atoms with Crippen molar-refractivity contribution in [3.63, 3.8) is 0 Å². The zero-order valence-electron chi connectivity index (χ0n) is 13.9. The van der Waals surface area contributed by atoms with Crippen molar-refractivity contribution in [1.29, 1.82) is 0 Å². The highest BCUT2D eigenvalue weighted by Gasteiger charge is 2.31. The van der Waals surface area contributed by atoms with E-state index in [1.165, 1.54) is 5.56 Å². The molecule has 4 nitrogen and oxygen atoms in total. The minimum atomic E-state index is 0.206. The minimum Gasteiger partial charge on any atom is -0.395 e. The zero-order chi connectivity index (χ0) is 16.1. The highest BCUT2D eigenvalue weighted by Crippen LogP contribution is 2.36. The van der Waals surface area contributed by atoms with Gasteiger partial charge in [-0.25, -0.2) is 0 Å². The van der Waals surface area contributed by atoms with E-state index in [9.17, 15) is 4.79 Å². The lowest BCUT2D eigenvalue weighted by Gasteiger charge is -2.37. The van der Waals surface area contributed by atoms with E-state index in [0.29, 0.717) is 11.8 Å². The summed E-state index contributed by atoms with van der Waals surface area (Å²) in [5.74, 6) is 1.21. The van der Waals surface area contributed by atoms with Gasteiger partial charge in [-0.05, 0) is 37.2 Å². The Morgan fingerprint density at radius 2 is 1.65 bits per heavy atom. The normalized spacial score (nSPS) is 26.2. The number of benzene rings is 1. The fraction of sp³-hybridized carbons (Fsp3) is 0.632. The number of β-amino-alcohol motifs (C(OH)–C–C–N with tert-alkyl or cyclic N) is 1. The first kappa shape index (κ1) is 16.5. The maximum Gasteiger partial charge on any atom is 0.225 e. The average molecular weight is 316 g/mol. The van der Waals surface area contributed by atoms with Gasteiger partial charge in [-0.1, -0.05) is 30.3 Å². The van der Waals surface area contributed by atoms with E-state index in [-0.39, 0.29) is 12.5 Å². The van der Waals surface area contributed by atoms with Gasteiger partial charge in [0.25, 0.3) is 0 Å². The van der Waals surface area contributed by atoms with Crippen LogP contribution in [0.3, 0.4) is 0 Å². The molecule has 4 heteroatoms. The molecule has 1 aromatic rings. The maximum atomic E-state index is 12.7. The van der Waals surface area contributed by atoms with Gasteiger partial charge in [0, 0.05) is 38.6 Å². The first-order valence-corrected chi connectivity index (χ1v) is 8.95. The quantitative estimate of drug-likeness (QED) is 0.925. The van der Waals surface area contributed by atoms with Gasteiger partial charge in [-0.3, -0.25) is 9.69 Å². The zero-order valence-corrected chi connectivity index (χ0v) is 13.9. The molecule has 126 valence electrons. The molecule has 0 radical (unpaired) electrons. The predicted molar refractivity (Wildman–Crippen MR) is 91.2 cm³/mol. The van der Waals surface area contributed by atoms with Crippen molar-refractivity contribution in [3.05, 3.63) is 35.9 Å². The van der Waals surface area contributed by atoms with Gasteiger partial charge in [-0.2, -0.15) is 0 Å². The van der Waals surface area contributed by atoms with Crippen LogP contribution in [0.15, 0.2) is 30.3 Å². The van der Waals surface area contributed by atoms with Crippen LogP contribution in [0.1, 0.15) is 37.2 Å². The molecular weight excluding hydrogens is 288 g/mol. The molecular formula is C19H28N2O2. The Morgan fingerprint density at radius 3 is 2.26 bits per heavy atom. The summed E-state index contributed by atoms with van der Waals surface area (Å²) in [5.41, 5.74) is 1.43. The Balaban J connectivity index is 1.47. The molecule has 0 spiro atoms. The molecule has 0 aromatic heterocycles. The first-order chi connectivity index (χ1) is 11.3. The Labute approximate surface area is 139 Å². The lowest BCUT2D eigenvalue weighted by Crippen LogP contribution is -2.51. The summed E-state index contributed by atoms with van der Waals surface area (Å²) in [6.07, 6.45) is 4.31. The average Bonchev–Trinajstić information content (AvgIpc) is 2.63. The standard InChI is InChI=1S/C19H28N2O2/c22-15-14-20-10-12-21(13-11-20)19(23)18-8-6-17(7-9-18)16-4-2-1-3-5-16/h1-5,17-18,22H,6-15H2. The molecule has 1 aliphatic carbocycles. The second-order valence-corrected chi connectivity index (χ2v) is 6.85. The summed E-state index contributed by atoms with van der Waals surface area (Å²) in [6, 6.07) is 10.7. The molecule has 1 heterocycles. The van der Waals surface area contributed by atoms with Crippen LogP contribution in [-0.4, -0.2) is 60.1 Å². The van der Waals surface area contributed by atoms with Gasteiger partial charge in [0.2, 0.25) is 5.91 Å². The number of nitrogens with zero attached hydrogens (tertiary/aromatic N) is 2. The van der Waals surface area contributed by atoms with Crippen molar-refractivity contribution in [3.8, 4) is 0 Å². The van der Waals surface area contributed by atoms with Crippen LogP contribution in [-0.2, 0) is 4.79 Å². The smallest absolute Gasteiger partial charge is 0.225 e. The molecule has 0 atom stereocenters. The monoisotopic (exact) mass is 316 g/mol. The number of piperazine rings is 1. The molecule has 1 aromatic carbocycles. The highest BCUT2D eigenvalue weighted by molar-refractivity contribution is 5.79. The van der Waals surface area contributed by atoms with Crippen molar-refractivity contribution in [2.24, 2.45) is 5.92 Å². The van der Waals surface area contributed by atoms with Crippen molar-refractivity contribution >= 4 is 5.91 Å². The van der Waals surface area contributed by atoms with Gasteiger partial charge < -0.3 is 10.0 Å². The number of aliphatic hydroxyl groups excluding tert-OH is 1. The van der Waals surface area contributed by atoms with E-state index in [1.807, 2.05) is 4.90 Å². The van der Waals surface area contributed by atoms with Crippen molar-refractivity contribution < 1.29 is 9.90 Å². The van der Waals surface area contributed by atoms with Crippen LogP contribution in [0.25, 0.3) is 0 Å². The van der Waals surface area contributed by atoms with Crippen LogP contribution in [0, 0.1) is 5.92 Å². The SMILES string of the molecule is O=C(C1CCC(c2ccccc2)CC1)N1CCN(CCO)CC1. The number of aliphatic hydroxyl groups is 1. The topological polar surface area (TPSA) is 43.8 Å². The lowest BCUT2D eigenvalue weighted by molar-refractivity contribution is -0.138. The summed E-state index contributed by atoms with van der Waals surface area (Å²) in [5, 5.41) is 8.99. The Hall–Kier alpha value is -1.39. The third kappa shape index (κ3) is 4.12. The number of hydrogen-bond acceptors (Lipinski definition) is 3.